The molecule has 25 heavy (non-hydrogen) atoms. The van der Waals surface area contributed by atoms with E-state index in [1.165, 1.54) is 23.9 Å². The van der Waals surface area contributed by atoms with Gasteiger partial charge in [0.1, 0.15) is 17.3 Å². The molecule has 0 spiro atoms. The summed E-state index contributed by atoms with van der Waals surface area (Å²) in [4.78, 5) is 16.3. The summed E-state index contributed by atoms with van der Waals surface area (Å²) in [6.07, 6.45) is 0. The molecular formula is C18H17FN2O2S2. The normalized spacial score (nSPS) is 10.8. The van der Waals surface area contributed by atoms with Crippen molar-refractivity contribution in [3.63, 3.8) is 0 Å². The Labute approximate surface area is 153 Å². The summed E-state index contributed by atoms with van der Waals surface area (Å²) in [7, 11) is 0. The van der Waals surface area contributed by atoms with Gasteiger partial charge in [-0.15, -0.1) is 23.1 Å². The van der Waals surface area contributed by atoms with Crippen LogP contribution in [0.15, 0.2) is 46.2 Å². The van der Waals surface area contributed by atoms with Gasteiger partial charge in [0.15, 0.2) is 5.76 Å². The van der Waals surface area contributed by atoms with Crippen molar-refractivity contribution >= 4 is 29.0 Å². The molecule has 3 aromatic rings. The zero-order valence-electron chi connectivity index (χ0n) is 13.6. The van der Waals surface area contributed by atoms with Crippen LogP contribution in [0.1, 0.15) is 16.3 Å². The number of hydrogen-bond donors (Lipinski definition) is 1. The Hall–Kier alpha value is -2.12. The summed E-state index contributed by atoms with van der Waals surface area (Å²) >= 11 is 3.06. The topological polar surface area (TPSA) is 55.1 Å². The summed E-state index contributed by atoms with van der Waals surface area (Å²) in [6, 6.07) is 10.0. The highest BCUT2D eigenvalue weighted by molar-refractivity contribution is 7.99. The van der Waals surface area contributed by atoms with Crippen LogP contribution in [-0.4, -0.2) is 16.6 Å². The van der Waals surface area contributed by atoms with Gasteiger partial charge in [0.25, 0.3) is 0 Å². The molecule has 3 rings (SSSR count). The number of benzene rings is 1. The van der Waals surface area contributed by atoms with Gasteiger partial charge < -0.3 is 9.73 Å². The molecular weight excluding hydrogens is 359 g/mol. The number of thiazole rings is 1. The SMILES string of the molecule is Cc1nc(-c2ccc(CNC(=O)CSCc3ccc(F)cc3)o2)cs1. The maximum absolute atomic E-state index is 12.8. The summed E-state index contributed by atoms with van der Waals surface area (Å²) in [5.74, 6) is 2.10. The van der Waals surface area contributed by atoms with Crippen molar-refractivity contribution in [1.82, 2.24) is 10.3 Å². The quantitative estimate of drug-likeness (QED) is 0.664. The van der Waals surface area contributed by atoms with Gasteiger partial charge in [0, 0.05) is 11.1 Å². The molecule has 0 saturated carbocycles. The van der Waals surface area contributed by atoms with Crippen LogP contribution in [0.2, 0.25) is 0 Å². The molecule has 4 nitrogen and oxygen atoms in total. The second kappa shape index (κ2) is 8.31. The summed E-state index contributed by atoms with van der Waals surface area (Å²) in [5.41, 5.74) is 1.81. The Morgan fingerprint density at radius 1 is 1.28 bits per heavy atom. The fourth-order valence-corrected chi connectivity index (χ4v) is 3.59. The molecule has 1 amide bonds. The third-order valence-corrected chi connectivity index (χ3v) is 5.19. The van der Waals surface area contributed by atoms with Crippen LogP contribution in [0.25, 0.3) is 11.5 Å². The van der Waals surface area contributed by atoms with Crippen molar-refractivity contribution < 1.29 is 13.6 Å². The van der Waals surface area contributed by atoms with Gasteiger partial charge in [-0.1, -0.05) is 12.1 Å². The molecule has 0 fully saturated rings. The van der Waals surface area contributed by atoms with Gasteiger partial charge >= 0.3 is 0 Å². The number of amides is 1. The first-order chi connectivity index (χ1) is 12.1. The van der Waals surface area contributed by atoms with Crippen LogP contribution in [0, 0.1) is 12.7 Å². The van der Waals surface area contributed by atoms with Crippen molar-refractivity contribution in [2.75, 3.05) is 5.75 Å². The van der Waals surface area contributed by atoms with E-state index in [0.29, 0.717) is 29.6 Å². The van der Waals surface area contributed by atoms with Gasteiger partial charge in [0.05, 0.1) is 17.3 Å². The minimum absolute atomic E-state index is 0.0606. The molecule has 0 radical (unpaired) electrons. The molecule has 130 valence electrons. The van der Waals surface area contributed by atoms with Gasteiger partial charge in [-0.3, -0.25) is 4.79 Å². The predicted molar refractivity (Wildman–Crippen MR) is 99.0 cm³/mol. The van der Waals surface area contributed by atoms with Crippen molar-refractivity contribution in [2.45, 2.75) is 19.2 Å². The van der Waals surface area contributed by atoms with E-state index >= 15 is 0 Å². The van der Waals surface area contributed by atoms with E-state index < -0.39 is 0 Å². The molecule has 0 unspecified atom stereocenters. The average molecular weight is 376 g/mol. The standard InChI is InChI=1S/C18H17FN2O2S2/c1-12-21-16(10-25-12)17-7-6-15(23-17)8-20-18(22)11-24-9-13-2-4-14(19)5-3-13/h2-7,10H,8-9,11H2,1H3,(H,20,22). The van der Waals surface area contributed by atoms with Crippen molar-refractivity contribution in [3.05, 3.63) is 63.9 Å². The monoisotopic (exact) mass is 376 g/mol. The number of aryl methyl sites for hydroxylation is 1. The number of halogens is 1. The number of aromatic nitrogens is 1. The largest absolute Gasteiger partial charge is 0.458 e. The molecule has 0 aliphatic heterocycles. The molecule has 2 heterocycles. The first-order valence-corrected chi connectivity index (χ1v) is 9.74. The number of thioether (sulfide) groups is 1. The van der Waals surface area contributed by atoms with Crippen LogP contribution in [-0.2, 0) is 17.1 Å². The lowest BCUT2D eigenvalue weighted by atomic mass is 10.2. The van der Waals surface area contributed by atoms with Gasteiger partial charge in [0.2, 0.25) is 5.91 Å². The number of furan rings is 1. The molecule has 0 saturated heterocycles. The van der Waals surface area contributed by atoms with E-state index in [4.69, 9.17) is 4.42 Å². The molecule has 0 bridgehead atoms. The average Bonchev–Trinajstić information content (AvgIpc) is 3.23. The molecule has 7 heteroatoms. The van der Waals surface area contributed by atoms with Crippen LogP contribution < -0.4 is 5.32 Å². The fraction of sp³-hybridized carbons (Fsp3) is 0.222. The Bertz CT molecular complexity index is 843. The highest BCUT2D eigenvalue weighted by Crippen LogP contribution is 2.23. The molecule has 0 aliphatic rings. The highest BCUT2D eigenvalue weighted by atomic mass is 32.2. The van der Waals surface area contributed by atoms with E-state index in [9.17, 15) is 9.18 Å². The van der Waals surface area contributed by atoms with E-state index in [0.717, 1.165) is 16.3 Å². The minimum Gasteiger partial charge on any atom is -0.458 e. The van der Waals surface area contributed by atoms with Crippen LogP contribution in [0.5, 0.6) is 0 Å². The lowest BCUT2D eigenvalue weighted by molar-refractivity contribution is -0.118. The zero-order valence-corrected chi connectivity index (χ0v) is 15.3. The highest BCUT2D eigenvalue weighted by Gasteiger charge is 2.09. The van der Waals surface area contributed by atoms with E-state index in [2.05, 4.69) is 10.3 Å². The Morgan fingerprint density at radius 3 is 2.80 bits per heavy atom. The molecule has 1 N–H and O–H groups in total. The van der Waals surface area contributed by atoms with Crippen molar-refractivity contribution in [1.29, 1.82) is 0 Å². The molecule has 0 aliphatic carbocycles. The van der Waals surface area contributed by atoms with Crippen LogP contribution in [0.4, 0.5) is 4.39 Å². The van der Waals surface area contributed by atoms with Gasteiger partial charge in [-0.2, -0.15) is 0 Å². The van der Waals surface area contributed by atoms with Crippen LogP contribution in [0.3, 0.4) is 0 Å². The first-order valence-electron chi connectivity index (χ1n) is 7.70. The molecule has 2 aromatic heterocycles. The number of nitrogens with one attached hydrogen (secondary N) is 1. The number of hydrogen-bond acceptors (Lipinski definition) is 5. The number of rotatable bonds is 7. The number of carbonyl (C=O) groups excluding carboxylic acids is 1. The van der Waals surface area contributed by atoms with Crippen molar-refractivity contribution in [2.24, 2.45) is 0 Å². The Kier molecular flexibility index (Phi) is 5.88. The second-order valence-electron chi connectivity index (χ2n) is 5.41. The second-order valence-corrected chi connectivity index (χ2v) is 7.46. The van der Waals surface area contributed by atoms with E-state index in [-0.39, 0.29) is 11.7 Å². The zero-order chi connectivity index (χ0) is 17.6. The third-order valence-electron chi connectivity index (χ3n) is 3.41. The predicted octanol–water partition coefficient (Wildman–Crippen LogP) is 4.40. The summed E-state index contributed by atoms with van der Waals surface area (Å²) in [6.45, 7) is 2.29. The maximum Gasteiger partial charge on any atom is 0.230 e. The van der Waals surface area contributed by atoms with Crippen LogP contribution >= 0.6 is 23.1 Å². The Morgan fingerprint density at radius 2 is 2.08 bits per heavy atom. The summed E-state index contributed by atoms with van der Waals surface area (Å²) in [5, 5.41) is 5.77. The Balaban J connectivity index is 1.41. The van der Waals surface area contributed by atoms with Gasteiger partial charge in [-0.05, 0) is 36.8 Å². The lowest BCUT2D eigenvalue weighted by Gasteiger charge is -2.04. The maximum atomic E-state index is 12.8. The lowest BCUT2D eigenvalue weighted by Crippen LogP contribution is -2.24. The fourth-order valence-electron chi connectivity index (χ4n) is 2.17. The molecule has 0 atom stereocenters. The molecule has 1 aromatic carbocycles. The number of carbonyl (C=O) groups is 1. The summed E-state index contributed by atoms with van der Waals surface area (Å²) < 4.78 is 18.5. The van der Waals surface area contributed by atoms with E-state index in [1.807, 2.05) is 24.4 Å². The van der Waals surface area contributed by atoms with Gasteiger partial charge in [-0.25, -0.2) is 9.37 Å². The van der Waals surface area contributed by atoms with Crippen molar-refractivity contribution in [3.8, 4) is 11.5 Å². The smallest absolute Gasteiger partial charge is 0.230 e. The number of nitrogens with zero attached hydrogens (tertiary/aromatic N) is 1. The minimum atomic E-state index is -0.253. The first kappa shape index (κ1) is 17.7. The van der Waals surface area contributed by atoms with E-state index in [1.54, 1.807) is 23.5 Å². The third kappa shape index (κ3) is 5.17.